The van der Waals surface area contributed by atoms with Crippen molar-refractivity contribution in [3.63, 3.8) is 0 Å². The SMILES string of the molecule is CCc1ccccc1N(CC(=O)Nc1ccccc1Cl)S(C)(=O)=O. The molecule has 128 valence electrons. The highest BCUT2D eigenvalue weighted by atomic mass is 35.5. The highest BCUT2D eigenvalue weighted by Crippen LogP contribution is 2.24. The van der Waals surface area contributed by atoms with Crippen LogP contribution in [0.5, 0.6) is 0 Å². The molecular weight excluding hydrogens is 348 g/mol. The lowest BCUT2D eigenvalue weighted by Gasteiger charge is -2.24. The first kappa shape index (κ1) is 18.3. The molecule has 0 aliphatic heterocycles. The molecule has 2 aromatic rings. The van der Waals surface area contributed by atoms with Gasteiger partial charge in [0.05, 0.1) is 22.7 Å². The monoisotopic (exact) mass is 366 g/mol. The molecule has 0 saturated heterocycles. The average molecular weight is 367 g/mol. The third-order valence-electron chi connectivity index (χ3n) is 3.48. The summed E-state index contributed by atoms with van der Waals surface area (Å²) in [6, 6.07) is 13.9. The Bertz CT molecular complexity index is 837. The number of para-hydroxylation sites is 2. The molecule has 0 aliphatic rings. The van der Waals surface area contributed by atoms with E-state index in [1.165, 1.54) is 0 Å². The summed E-state index contributed by atoms with van der Waals surface area (Å²) in [6.07, 6.45) is 1.75. The van der Waals surface area contributed by atoms with Gasteiger partial charge in [-0.2, -0.15) is 0 Å². The smallest absolute Gasteiger partial charge is 0.245 e. The van der Waals surface area contributed by atoms with Crippen molar-refractivity contribution in [3.8, 4) is 0 Å². The molecule has 7 heteroatoms. The maximum absolute atomic E-state index is 12.3. The van der Waals surface area contributed by atoms with E-state index in [1.807, 2.05) is 19.1 Å². The molecule has 0 spiro atoms. The lowest BCUT2D eigenvalue weighted by Crippen LogP contribution is -2.38. The number of hydrogen-bond acceptors (Lipinski definition) is 3. The van der Waals surface area contributed by atoms with Crippen LogP contribution in [0, 0.1) is 0 Å². The lowest BCUT2D eigenvalue weighted by molar-refractivity contribution is -0.114. The maximum Gasteiger partial charge on any atom is 0.245 e. The summed E-state index contributed by atoms with van der Waals surface area (Å²) in [5.74, 6) is -0.459. The number of nitrogens with one attached hydrogen (secondary N) is 1. The third-order valence-corrected chi connectivity index (χ3v) is 4.93. The van der Waals surface area contributed by atoms with Crippen molar-refractivity contribution >= 4 is 38.9 Å². The quantitative estimate of drug-likeness (QED) is 0.852. The number of aryl methyl sites for hydroxylation is 1. The van der Waals surface area contributed by atoms with Crippen LogP contribution < -0.4 is 9.62 Å². The highest BCUT2D eigenvalue weighted by Gasteiger charge is 2.23. The Hall–Kier alpha value is -2.05. The van der Waals surface area contributed by atoms with Gasteiger partial charge in [-0.25, -0.2) is 8.42 Å². The molecule has 0 fully saturated rings. The zero-order valence-corrected chi connectivity index (χ0v) is 15.1. The van der Waals surface area contributed by atoms with Crippen LogP contribution in [-0.2, 0) is 21.2 Å². The van der Waals surface area contributed by atoms with E-state index >= 15 is 0 Å². The summed E-state index contributed by atoms with van der Waals surface area (Å²) in [5.41, 5.74) is 1.81. The van der Waals surface area contributed by atoms with Crippen LogP contribution in [0.4, 0.5) is 11.4 Å². The molecule has 2 rings (SSSR count). The van der Waals surface area contributed by atoms with Gasteiger partial charge in [0.1, 0.15) is 6.54 Å². The molecule has 0 heterocycles. The third kappa shape index (κ3) is 4.49. The van der Waals surface area contributed by atoms with Crippen molar-refractivity contribution in [2.24, 2.45) is 0 Å². The molecule has 0 radical (unpaired) electrons. The Morgan fingerprint density at radius 2 is 1.75 bits per heavy atom. The van der Waals surface area contributed by atoms with Crippen molar-refractivity contribution < 1.29 is 13.2 Å². The van der Waals surface area contributed by atoms with E-state index in [1.54, 1.807) is 36.4 Å². The molecule has 0 atom stereocenters. The molecule has 24 heavy (non-hydrogen) atoms. The molecule has 0 aromatic heterocycles. The molecule has 0 bridgehead atoms. The average Bonchev–Trinajstić information content (AvgIpc) is 2.54. The van der Waals surface area contributed by atoms with Gasteiger partial charge in [0.2, 0.25) is 15.9 Å². The molecule has 1 amide bonds. The van der Waals surface area contributed by atoms with E-state index < -0.39 is 15.9 Å². The fourth-order valence-corrected chi connectivity index (χ4v) is 3.39. The van der Waals surface area contributed by atoms with Crippen molar-refractivity contribution in [3.05, 3.63) is 59.1 Å². The van der Waals surface area contributed by atoms with Crippen LogP contribution in [0.3, 0.4) is 0 Å². The number of carbonyl (C=O) groups is 1. The summed E-state index contributed by atoms with van der Waals surface area (Å²) in [7, 11) is -3.61. The van der Waals surface area contributed by atoms with E-state index in [2.05, 4.69) is 5.32 Å². The fourth-order valence-electron chi connectivity index (χ4n) is 2.32. The van der Waals surface area contributed by atoms with Crippen LogP contribution in [0.25, 0.3) is 0 Å². The van der Waals surface area contributed by atoms with Crippen LogP contribution in [0.2, 0.25) is 5.02 Å². The summed E-state index contributed by atoms with van der Waals surface area (Å²) >= 11 is 6.01. The highest BCUT2D eigenvalue weighted by molar-refractivity contribution is 7.92. The first-order chi connectivity index (χ1) is 11.3. The molecule has 0 aliphatic carbocycles. The topological polar surface area (TPSA) is 66.5 Å². The van der Waals surface area contributed by atoms with Crippen LogP contribution in [-0.4, -0.2) is 27.1 Å². The number of nitrogens with zero attached hydrogens (tertiary/aromatic N) is 1. The van der Waals surface area contributed by atoms with Crippen LogP contribution >= 0.6 is 11.6 Å². The number of rotatable bonds is 6. The minimum atomic E-state index is -3.61. The number of amides is 1. The van der Waals surface area contributed by atoms with Crippen LogP contribution in [0.15, 0.2) is 48.5 Å². The second-order valence-corrected chi connectivity index (χ2v) is 7.59. The largest absolute Gasteiger partial charge is 0.323 e. The van der Waals surface area contributed by atoms with E-state index in [-0.39, 0.29) is 6.54 Å². The standard InChI is InChI=1S/C17H19ClN2O3S/c1-3-13-8-4-7-11-16(13)20(24(2,22)23)12-17(21)19-15-10-6-5-9-14(15)18/h4-11H,3,12H2,1-2H3,(H,19,21). The number of hydrogen-bond donors (Lipinski definition) is 1. The van der Waals surface area contributed by atoms with Gasteiger partial charge in [-0.15, -0.1) is 0 Å². The first-order valence-corrected chi connectivity index (χ1v) is 9.65. The Morgan fingerprint density at radius 3 is 2.38 bits per heavy atom. The van der Waals surface area contributed by atoms with Crippen LogP contribution in [0.1, 0.15) is 12.5 Å². The molecule has 1 N–H and O–H groups in total. The summed E-state index contributed by atoms with van der Waals surface area (Å²) in [6.45, 7) is 1.62. The minimum absolute atomic E-state index is 0.318. The predicted octanol–water partition coefficient (Wildman–Crippen LogP) is 3.31. The number of benzene rings is 2. The molecule has 0 unspecified atom stereocenters. The van der Waals surface area contributed by atoms with E-state index in [4.69, 9.17) is 11.6 Å². The fraction of sp³-hybridized carbons (Fsp3) is 0.235. The van der Waals surface area contributed by atoms with E-state index in [9.17, 15) is 13.2 Å². The number of sulfonamides is 1. The van der Waals surface area contributed by atoms with Gasteiger partial charge >= 0.3 is 0 Å². The van der Waals surface area contributed by atoms with Crippen molar-refractivity contribution in [1.82, 2.24) is 0 Å². The van der Waals surface area contributed by atoms with Gasteiger partial charge in [-0.3, -0.25) is 9.10 Å². The van der Waals surface area contributed by atoms with Gasteiger partial charge in [0.15, 0.2) is 0 Å². The van der Waals surface area contributed by atoms with Crippen molar-refractivity contribution in [2.75, 3.05) is 22.4 Å². The summed E-state index contributed by atoms with van der Waals surface area (Å²) in [4.78, 5) is 12.3. The molecular formula is C17H19ClN2O3S. The Balaban J connectivity index is 2.27. The van der Waals surface area contributed by atoms with Gasteiger partial charge < -0.3 is 5.32 Å². The Kier molecular flexibility index (Phi) is 5.85. The minimum Gasteiger partial charge on any atom is -0.323 e. The number of carbonyl (C=O) groups excluding carboxylic acids is 1. The van der Waals surface area contributed by atoms with Gasteiger partial charge in [-0.05, 0) is 30.2 Å². The zero-order valence-electron chi connectivity index (χ0n) is 13.5. The predicted molar refractivity (Wildman–Crippen MR) is 98.1 cm³/mol. The molecule has 2 aromatic carbocycles. The molecule has 5 nitrogen and oxygen atoms in total. The van der Waals surface area contributed by atoms with Gasteiger partial charge in [0.25, 0.3) is 0 Å². The van der Waals surface area contributed by atoms with Gasteiger partial charge in [0, 0.05) is 0 Å². The maximum atomic E-state index is 12.3. The zero-order chi connectivity index (χ0) is 17.7. The second kappa shape index (κ2) is 7.68. The summed E-state index contributed by atoms with van der Waals surface area (Å²) < 4.78 is 25.5. The summed E-state index contributed by atoms with van der Waals surface area (Å²) in [5, 5.41) is 3.04. The number of halogens is 1. The van der Waals surface area contributed by atoms with Crippen molar-refractivity contribution in [1.29, 1.82) is 0 Å². The number of anilines is 2. The Labute approximate surface area is 147 Å². The molecule has 0 saturated carbocycles. The second-order valence-electron chi connectivity index (χ2n) is 5.28. The lowest BCUT2D eigenvalue weighted by atomic mass is 10.1. The van der Waals surface area contributed by atoms with Gasteiger partial charge in [-0.1, -0.05) is 48.9 Å². The normalized spacial score (nSPS) is 11.1. The van der Waals surface area contributed by atoms with E-state index in [0.717, 1.165) is 16.1 Å². The van der Waals surface area contributed by atoms with E-state index in [0.29, 0.717) is 22.8 Å². The Morgan fingerprint density at radius 1 is 1.12 bits per heavy atom. The first-order valence-electron chi connectivity index (χ1n) is 7.43. The van der Waals surface area contributed by atoms with Crippen molar-refractivity contribution in [2.45, 2.75) is 13.3 Å².